The second-order valence-corrected chi connectivity index (χ2v) is 9.33. The molecule has 166 valence electrons. The Morgan fingerprint density at radius 2 is 1.74 bits per heavy atom. The van der Waals surface area contributed by atoms with E-state index in [1.54, 1.807) is 7.11 Å². The molecule has 1 heterocycles. The molecule has 0 radical (unpaired) electrons. The van der Waals surface area contributed by atoms with Crippen molar-refractivity contribution in [2.45, 2.75) is 55.2 Å². The van der Waals surface area contributed by atoms with Gasteiger partial charge in [-0.3, -0.25) is 9.59 Å². The summed E-state index contributed by atoms with van der Waals surface area (Å²) in [5, 5.41) is 2.99. The number of carbonyl (C=O) groups excluding carboxylic acids is 2. The normalized spacial score (nSPS) is 16.4. The molecule has 2 atom stereocenters. The van der Waals surface area contributed by atoms with Gasteiger partial charge in [0.2, 0.25) is 11.8 Å². The fourth-order valence-electron chi connectivity index (χ4n) is 3.93. The van der Waals surface area contributed by atoms with E-state index in [0.29, 0.717) is 13.1 Å². The van der Waals surface area contributed by atoms with Crippen LogP contribution in [0.1, 0.15) is 44.6 Å². The van der Waals surface area contributed by atoms with Gasteiger partial charge < -0.3 is 15.0 Å². The summed E-state index contributed by atoms with van der Waals surface area (Å²) >= 11 is 1.54. The number of nitrogens with one attached hydrogen (secondary N) is 1. The Labute approximate surface area is 189 Å². The van der Waals surface area contributed by atoms with Crippen LogP contribution >= 0.6 is 11.8 Å². The zero-order valence-electron chi connectivity index (χ0n) is 18.5. The Hall–Kier alpha value is -2.47. The van der Waals surface area contributed by atoms with E-state index in [4.69, 9.17) is 4.74 Å². The van der Waals surface area contributed by atoms with Gasteiger partial charge in [-0.1, -0.05) is 37.3 Å². The Kier molecular flexibility index (Phi) is 8.41. The molecule has 0 aliphatic carbocycles. The summed E-state index contributed by atoms with van der Waals surface area (Å²) in [7, 11) is 1.64. The Balaban J connectivity index is 1.47. The van der Waals surface area contributed by atoms with Crippen LogP contribution in [0.3, 0.4) is 0 Å². The minimum absolute atomic E-state index is 0.0429. The molecule has 2 unspecified atom stereocenters. The molecule has 1 aliphatic rings. The maximum atomic E-state index is 13.0. The van der Waals surface area contributed by atoms with E-state index in [1.807, 2.05) is 66.4 Å². The third-order valence-electron chi connectivity index (χ3n) is 5.80. The van der Waals surface area contributed by atoms with Gasteiger partial charge in [0, 0.05) is 24.0 Å². The van der Waals surface area contributed by atoms with Gasteiger partial charge in [-0.25, -0.2) is 0 Å². The first-order chi connectivity index (χ1) is 15.0. The van der Waals surface area contributed by atoms with Gasteiger partial charge in [0.25, 0.3) is 0 Å². The monoisotopic (exact) mass is 440 g/mol. The topological polar surface area (TPSA) is 58.6 Å². The lowest BCUT2D eigenvalue weighted by Crippen LogP contribution is -2.49. The number of nitrogens with zero attached hydrogens (tertiary/aromatic N) is 1. The van der Waals surface area contributed by atoms with Crippen LogP contribution in [-0.2, 0) is 9.59 Å². The Morgan fingerprint density at radius 1 is 1.10 bits per heavy atom. The largest absolute Gasteiger partial charge is 0.497 e. The molecule has 2 amide bonds. The number of piperidine rings is 1. The van der Waals surface area contributed by atoms with Gasteiger partial charge in [0.1, 0.15) is 5.75 Å². The average molecular weight is 441 g/mol. The van der Waals surface area contributed by atoms with Crippen LogP contribution < -0.4 is 10.1 Å². The van der Waals surface area contributed by atoms with Crippen molar-refractivity contribution < 1.29 is 14.3 Å². The molecule has 0 saturated carbocycles. The van der Waals surface area contributed by atoms with Gasteiger partial charge in [-0.2, -0.15) is 0 Å². The van der Waals surface area contributed by atoms with Crippen molar-refractivity contribution in [1.29, 1.82) is 0 Å². The molecule has 2 aromatic carbocycles. The van der Waals surface area contributed by atoms with Gasteiger partial charge in [-0.15, -0.1) is 11.8 Å². The van der Waals surface area contributed by atoms with Crippen molar-refractivity contribution in [1.82, 2.24) is 10.2 Å². The van der Waals surface area contributed by atoms with Crippen LogP contribution in [0.2, 0.25) is 0 Å². The fourth-order valence-corrected chi connectivity index (χ4v) is 4.81. The summed E-state index contributed by atoms with van der Waals surface area (Å²) in [5.41, 5.74) is 1.08. The predicted molar refractivity (Wildman–Crippen MR) is 126 cm³/mol. The molecule has 0 aromatic heterocycles. The third kappa shape index (κ3) is 6.26. The summed E-state index contributed by atoms with van der Waals surface area (Å²) in [6.45, 7) is 5.36. The lowest BCUT2D eigenvalue weighted by Gasteiger charge is -2.35. The van der Waals surface area contributed by atoms with Crippen molar-refractivity contribution in [2.75, 3.05) is 20.2 Å². The number of carbonyl (C=O) groups is 2. The van der Waals surface area contributed by atoms with Gasteiger partial charge in [0.15, 0.2) is 0 Å². The van der Waals surface area contributed by atoms with E-state index in [9.17, 15) is 9.59 Å². The highest BCUT2D eigenvalue weighted by Gasteiger charge is 2.29. The number of amides is 2. The Bertz CT molecular complexity index is 849. The standard InChI is InChI=1S/C25H32N2O3S/c1-4-23(19-8-6-5-7-9-19)25(29)27-16-14-20(15-17-27)26-24(28)18(2)31-22-12-10-21(30-3)11-13-22/h5-13,18,20,23H,4,14-17H2,1-3H3,(H,26,28). The number of hydrogen-bond donors (Lipinski definition) is 1. The molecule has 1 aliphatic heterocycles. The number of benzene rings is 2. The van der Waals surface area contributed by atoms with Crippen LogP contribution in [-0.4, -0.2) is 48.2 Å². The van der Waals surface area contributed by atoms with Crippen LogP contribution in [0.15, 0.2) is 59.5 Å². The van der Waals surface area contributed by atoms with E-state index in [0.717, 1.165) is 35.5 Å². The second-order valence-electron chi connectivity index (χ2n) is 7.92. The predicted octanol–water partition coefficient (Wildman–Crippen LogP) is 4.48. The van der Waals surface area contributed by atoms with Crippen molar-refractivity contribution in [3.63, 3.8) is 0 Å². The summed E-state index contributed by atoms with van der Waals surface area (Å²) in [6.07, 6.45) is 2.38. The minimum Gasteiger partial charge on any atom is -0.497 e. The van der Waals surface area contributed by atoms with Crippen LogP contribution in [0.25, 0.3) is 0 Å². The molecule has 5 nitrogen and oxygen atoms in total. The lowest BCUT2D eigenvalue weighted by molar-refractivity contribution is -0.134. The highest BCUT2D eigenvalue weighted by molar-refractivity contribution is 8.00. The van der Waals surface area contributed by atoms with Crippen molar-refractivity contribution in [3.8, 4) is 5.75 Å². The molecule has 31 heavy (non-hydrogen) atoms. The minimum atomic E-state index is -0.185. The third-order valence-corrected chi connectivity index (χ3v) is 6.91. The molecule has 1 saturated heterocycles. The van der Waals surface area contributed by atoms with Crippen molar-refractivity contribution in [3.05, 3.63) is 60.2 Å². The molecule has 2 aromatic rings. The first-order valence-electron chi connectivity index (χ1n) is 11.0. The number of methoxy groups -OCH3 is 1. The molecule has 1 fully saturated rings. The van der Waals surface area contributed by atoms with E-state index in [-0.39, 0.29) is 29.0 Å². The number of ether oxygens (including phenoxy) is 1. The van der Waals surface area contributed by atoms with E-state index in [2.05, 4.69) is 12.2 Å². The molecular weight excluding hydrogens is 408 g/mol. The molecular formula is C25H32N2O3S. The summed E-state index contributed by atoms with van der Waals surface area (Å²) in [4.78, 5) is 28.7. The highest BCUT2D eigenvalue weighted by atomic mass is 32.2. The van der Waals surface area contributed by atoms with E-state index >= 15 is 0 Å². The first-order valence-corrected chi connectivity index (χ1v) is 11.8. The van der Waals surface area contributed by atoms with Crippen LogP contribution in [0.4, 0.5) is 0 Å². The Morgan fingerprint density at radius 3 is 2.32 bits per heavy atom. The number of rotatable bonds is 8. The summed E-state index contributed by atoms with van der Waals surface area (Å²) in [5.74, 6) is 0.955. The van der Waals surface area contributed by atoms with Crippen molar-refractivity contribution in [2.24, 2.45) is 0 Å². The average Bonchev–Trinajstić information content (AvgIpc) is 2.81. The van der Waals surface area contributed by atoms with Crippen LogP contribution in [0.5, 0.6) is 5.75 Å². The maximum Gasteiger partial charge on any atom is 0.233 e. The fraction of sp³-hybridized carbons (Fsp3) is 0.440. The van der Waals surface area contributed by atoms with Crippen molar-refractivity contribution >= 4 is 23.6 Å². The zero-order valence-corrected chi connectivity index (χ0v) is 19.4. The second kappa shape index (κ2) is 11.2. The quantitative estimate of drug-likeness (QED) is 0.615. The summed E-state index contributed by atoms with van der Waals surface area (Å²) < 4.78 is 5.18. The summed E-state index contributed by atoms with van der Waals surface area (Å²) in [6, 6.07) is 17.9. The maximum absolute atomic E-state index is 13.0. The van der Waals surface area contributed by atoms with Gasteiger partial charge >= 0.3 is 0 Å². The first kappa shape index (κ1) is 23.2. The zero-order chi connectivity index (χ0) is 22.2. The number of thioether (sulfide) groups is 1. The van der Waals surface area contributed by atoms with Gasteiger partial charge in [0.05, 0.1) is 18.3 Å². The molecule has 0 bridgehead atoms. The SMILES string of the molecule is CCC(C(=O)N1CCC(NC(=O)C(C)Sc2ccc(OC)cc2)CC1)c1ccccc1. The number of hydrogen-bond acceptors (Lipinski definition) is 4. The molecule has 1 N–H and O–H groups in total. The highest BCUT2D eigenvalue weighted by Crippen LogP contribution is 2.27. The smallest absolute Gasteiger partial charge is 0.233 e. The molecule has 6 heteroatoms. The number of likely N-dealkylation sites (tertiary alicyclic amines) is 1. The lowest BCUT2D eigenvalue weighted by atomic mass is 9.93. The molecule has 3 rings (SSSR count). The molecule has 0 spiro atoms. The van der Waals surface area contributed by atoms with E-state index in [1.165, 1.54) is 11.8 Å². The van der Waals surface area contributed by atoms with E-state index < -0.39 is 0 Å². The van der Waals surface area contributed by atoms with Gasteiger partial charge in [-0.05, 0) is 56.0 Å². The van der Waals surface area contributed by atoms with Crippen LogP contribution in [0, 0.1) is 0 Å².